The lowest BCUT2D eigenvalue weighted by molar-refractivity contribution is -0.120. The van der Waals surface area contributed by atoms with Crippen LogP contribution >= 0.6 is 22.7 Å². The number of aromatic nitrogens is 1. The number of nitrogens with one attached hydrogen (secondary N) is 1. The summed E-state index contributed by atoms with van der Waals surface area (Å²) in [5, 5.41) is 9.43. The second-order valence-electron chi connectivity index (χ2n) is 7.61. The fraction of sp³-hybridized carbons (Fsp3) is 0.318. The van der Waals surface area contributed by atoms with E-state index in [2.05, 4.69) is 22.4 Å². The summed E-state index contributed by atoms with van der Waals surface area (Å²) in [5.74, 6) is 0.464. The number of aryl methyl sites for hydroxylation is 1. The Labute approximate surface area is 177 Å². The van der Waals surface area contributed by atoms with E-state index in [9.17, 15) is 9.59 Å². The predicted molar refractivity (Wildman–Crippen MR) is 118 cm³/mol. The SMILES string of the molecule is O=C(Cc1ccsc1)Nc1nc(-c2ccc3c(c2)CCCN3C(=O)C2CC2)cs1. The molecule has 0 bridgehead atoms. The molecule has 1 fully saturated rings. The minimum Gasteiger partial charge on any atom is -0.312 e. The Morgan fingerprint density at radius 3 is 2.90 bits per heavy atom. The summed E-state index contributed by atoms with van der Waals surface area (Å²) in [6.07, 6.45) is 4.40. The number of hydrogen-bond donors (Lipinski definition) is 1. The van der Waals surface area contributed by atoms with E-state index in [-0.39, 0.29) is 17.7 Å². The predicted octanol–water partition coefficient (Wildman–Crippen LogP) is 4.74. The van der Waals surface area contributed by atoms with E-state index in [1.807, 2.05) is 33.2 Å². The Balaban J connectivity index is 1.31. The van der Waals surface area contributed by atoms with Gasteiger partial charge in [-0.15, -0.1) is 11.3 Å². The molecule has 1 aromatic carbocycles. The van der Waals surface area contributed by atoms with Crippen LogP contribution in [0, 0.1) is 5.92 Å². The van der Waals surface area contributed by atoms with Crippen LogP contribution < -0.4 is 10.2 Å². The molecule has 29 heavy (non-hydrogen) atoms. The smallest absolute Gasteiger partial charge is 0.230 e. The molecule has 7 heteroatoms. The number of amides is 2. The maximum absolute atomic E-state index is 12.6. The highest BCUT2D eigenvalue weighted by Crippen LogP contribution is 2.37. The van der Waals surface area contributed by atoms with Gasteiger partial charge in [-0.1, -0.05) is 6.07 Å². The van der Waals surface area contributed by atoms with Crippen molar-refractivity contribution < 1.29 is 9.59 Å². The molecule has 0 radical (unpaired) electrons. The van der Waals surface area contributed by atoms with Crippen LogP contribution in [0.2, 0.25) is 0 Å². The van der Waals surface area contributed by atoms with Crippen molar-refractivity contribution in [1.29, 1.82) is 0 Å². The average Bonchev–Trinajstić information content (AvgIpc) is 3.27. The lowest BCUT2D eigenvalue weighted by Gasteiger charge is -2.30. The van der Waals surface area contributed by atoms with E-state index in [1.165, 1.54) is 16.9 Å². The van der Waals surface area contributed by atoms with Crippen LogP contribution in [0.4, 0.5) is 10.8 Å². The fourth-order valence-electron chi connectivity index (χ4n) is 3.74. The van der Waals surface area contributed by atoms with Crippen molar-refractivity contribution in [2.45, 2.75) is 32.1 Å². The monoisotopic (exact) mass is 423 g/mol. The zero-order valence-electron chi connectivity index (χ0n) is 15.9. The number of nitrogens with zero attached hydrogens (tertiary/aromatic N) is 2. The Morgan fingerprint density at radius 2 is 2.10 bits per heavy atom. The molecule has 0 spiro atoms. The van der Waals surface area contributed by atoms with Crippen molar-refractivity contribution in [3.8, 4) is 11.3 Å². The van der Waals surface area contributed by atoms with E-state index < -0.39 is 0 Å². The standard InChI is InChI=1S/C22H21N3O2S2/c26-20(10-14-7-9-28-12-14)24-22-23-18(13-29-22)16-5-6-19-17(11-16)2-1-8-25(19)21(27)15-3-4-15/h5-7,9,11-13,15H,1-4,8,10H2,(H,23,24,26). The molecular weight excluding hydrogens is 402 g/mol. The highest BCUT2D eigenvalue weighted by atomic mass is 32.1. The van der Waals surface area contributed by atoms with Gasteiger partial charge in [0, 0.05) is 29.1 Å². The van der Waals surface area contributed by atoms with Crippen LogP contribution in [-0.2, 0) is 22.4 Å². The maximum Gasteiger partial charge on any atom is 0.230 e. The van der Waals surface area contributed by atoms with Crippen LogP contribution in [-0.4, -0.2) is 23.3 Å². The van der Waals surface area contributed by atoms with Crippen molar-refractivity contribution >= 4 is 45.3 Å². The van der Waals surface area contributed by atoms with Crippen molar-refractivity contribution in [3.05, 3.63) is 51.5 Å². The number of thiophene rings is 1. The minimum atomic E-state index is -0.0519. The molecule has 1 saturated carbocycles. The molecule has 2 aromatic heterocycles. The van der Waals surface area contributed by atoms with E-state index in [4.69, 9.17) is 0 Å². The van der Waals surface area contributed by atoms with Gasteiger partial charge in [-0.2, -0.15) is 11.3 Å². The molecule has 1 aliphatic carbocycles. The van der Waals surface area contributed by atoms with Gasteiger partial charge >= 0.3 is 0 Å². The summed E-state index contributed by atoms with van der Waals surface area (Å²) in [5.41, 5.74) is 5.16. The van der Waals surface area contributed by atoms with Gasteiger partial charge in [-0.05, 0) is 65.8 Å². The first kappa shape index (κ1) is 18.5. The zero-order valence-corrected chi connectivity index (χ0v) is 17.5. The van der Waals surface area contributed by atoms with E-state index in [0.29, 0.717) is 11.6 Å². The van der Waals surface area contributed by atoms with Crippen molar-refractivity contribution in [3.63, 3.8) is 0 Å². The van der Waals surface area contributed by atoms with E-state index >= 15 is 0 Å². The van der Waals surface area contributed by atoms with E-state index in [0.717, 1.165) is 54.7 Å². The van der Waals surface area contributed by atoms with Gasteiger partial charge in [-0.3, -0.25) is 9.59 Å². The summed E-state index contributed by atoms with van der Waals surface area (Å²) in [4.78, 5) is 31.3. The number of rotatable bonds is 5. The molecule has 3 heterocycles. The second-order valence-corrected chi connectivity index (χ2v) is 9.24. The first-order chi connectivity index (χ1) is 14.2. The molecule has 1 aliphatic heterocycles. The van der Waals surface area contributed by atoms with Crippen LogP contribution in [0.1, 0.15) is 30.4 Å². The third kappa shape index (κ3) is 3.97. The van der Waals surface area contributed by atoms with Gasteiger partial charge in [0.25, 0.3) is 0 Å². The Bertz CT molecular complexity index is 1050. The number of benzene rings is 1. The Hall–Kier alpha value is -2.51. The molecular formula is C22H21N3O2S2. The fourth-order valence-corrected chi connectivity index (χ4v) is 5.15. The van der Waals surface area contributed by atoms with Gasteiger partial charge in [0.1, 0.15) is 0 Å². The second kappa shape index (κ2) is 7.72. The van der Waals surface area contributed by atoms with Crippen molar-refractivity contribution in [2.75, 3.05) is 16.8 Å². The molecule has 2 amide bonds. The summed E-state index contributed by atoms with van der Waals surface area (Å²) >= 11 is 3.03. The molecule has 0 atom stereocenters. The van der Waals surface area contributed by atoms with Gasteiger partial charge in [0.15, 0.2) is 5.13 Å². The van der Waals surface area contributed by atoms with Gasteiger partial charge in [0.05, 0.1) is 12.1 Å². The third-order valence-corrected chi connectivity index (χ3v) is 6.87. The summed E-state index contributed by atoms with van der Waals surface area (Å²) in [6.45, 7) is 0.818. The quantitative estimate of drug-likeness (QED) is 0.645. The summed E-state index contributed by atoms with van der Waals surface area (Å²) < 4.78 is 0. The molecule has 148 valence electrons. The normalized spacial score (nSPS) is 15.8. The number of fused-ring (bicyclic) bond motifs is 1. The van der Waals surface area contributed by atoms with Crippen molar-refractivity contribution in [2.24, 2.45) is 5.92 Å². The number of carbonyl (C=O) groups is 2. The highest BCUT2D eigenvalue weighted by Gasteiger charge is 2.35. The molecule has 5 nitrogen and oxygen atoms in total. The third-order valence-electron chi connectivity index (χ3n) is 5.38. The molecule has 5 rings (SSSR count). The number of anilines is 2. The molecule has 0 unspecified atom stereocenters. The van der Waals surface area contributed by atoms with Gasteiger partial charge in [0.2, 0.25) is 11.8 Å². The maximum atomic E-state index is 12.6. The summed E-state index contributed by atoms with van der Waals surface area (Å²) in [6, 6.07) is 8.19. The largest absolute Gasteiger partial charge is 0.312 e. The minimum absolute atomic E-state index is 0.0519. The molecule has 3 aromatic rings. The first-order valence-corrected chi connectivity index (χ1v) is 11.7. The zero-order chi connectivity index (χ0) is 19.8. The Morgan fingerprint density at radius 1 is 1.21 bits per heavy atom. The topological polar surface area (TPSA) is 62.3 Å². The lowest BCUT2D eigenvalue weighted by Crippen LogP contribution is -2.36. The lowest BCUT2D eigenvalue weighted by atomic mass is 9.98. The molecule has 2 aliphatic rings. The Kier molecular flexibility index (Phi) is 4.93. The number of hydrogen-bond acceptors (Lipinski definition) is 5. The van der Waals surface area contributed by atoms with Crippen molar-refractivity contribution in [1.82, 2.24) is 4.98 Å². The van der Waals surface area contributed by atoms with Crippen LogP contribution in [0.25, 0.3) is 11.3 Å². The number of thiazole rings is 1. The van der Waals surface area contributed by atoms with Gasteiger partial charge in [-0.25, -0.2) is 4.98 Å². The summed E-state index contributed by atoms with van der Waals surface area (Å²) in [7, 11) is 0. The number of carbonyl (C=O) groups excluding carboxylic acids is 2. The van der Waals surface area contributed by atoms with Crippen LogP contribution in [0.3, 0.4) is 0 Å². The molecule has 0 saturated heterocycles. The average molecular weight is 424 g/mol. The highest BCUT2D eigenvalue weighted by molar-refractivity contribution is 7.14. The van der Waals surface area contributed by atoms with Crippen LogP contribution in [0.15, 0.2) is 40.4 Å². The van der Waals surface area contributed by atoms with E-state index in [1.54, 1.807) is 11.3 Å². The first-order valence-electron chi connectivity index (χ1n) is 9.88. The van der Waals surface area contributed by atoms with Gasteiger partial charge < -0.3 is 10.2 Å². The van der Waals surface area contributed by atoms with Crippen LogP contribution in [0.5, 0.6) is 0 Å². The molecule has 1 N–H and O–H groups in total.